The number of methoxy groups -OCH3 is 2. The summed E-state index contributed by atoms with van der Waals surface area (Å²) in [5, 5.41) is 3.02. The van der Waals surface area contributed by atoms with E-state index in [9.17, 15) is 24.0 Å². The van der Waals surface area contributed by atoms with Crippen LogP contribution in [-0.4, -0.2) is 147 Å². The van der Waals surface area contributed by atoms with Crippen LogP contribution in [0.4, 0.5) is 0 Å². The minimum absolute atomic E-state index is 0.00152. The van der Waals surface area contributed by atoms with Crippen LogP contribution >= 0.6 is 0 Å². The maximum absolute atomic E-state index is 14.5. The lowest BCUT2D eigenvalue weighted by Crippen LogP contribution is -2.54. The number of ether oxygens (including phenoxy) is 2. The lowest BCUT2D eigenvalue weighted by atomic mass is 9.83. The maximum Gasteiger partial charge on any atom is 0.226 e. The van der Waals surface area contributed by atoms with Crippen molar-refractivity contribution in [3.8, 4) is 0 Å². The van der Waals surface area contributed by atoms with E-state index < -0.39 is 36.0 Å². The second-order valence-electron chi connectivity index (χ2n) is 18.7. The van der Waals surface area contributed by atoms with E-state index in [1.54, 1.807) is 26.2 Å². The summed E-state index contributed by atoms with van der Waals surface area (Å²) >= 11 is 0. The first kappa shape index (κ1) is 52.9. The van der Waals surface area contributed by atoms with Gasteiger partial charge in [-0.25, -0.2) is 0 Å². The van der Waals surface area contributed by atoms with Crippen molar-refractivity contribution in [2.75, 3.05) is 62.0 Å². The molecule has 342 valence electrons. The molecule has 12 heteroatoms. The average Bonchev–Trinajstić information content (AvgIpc) is 3.68. The highest BCUT2D eigenvalue weighted by molar-refractivity contribution is 5.90. The van der Waals surface area contributed by atoms with Gasteiger partial charge in [-0.05, 0) is 77.6 Å². The standard InChI is InChI=1S/C48H83N5O7/c1-16-34(8)45(52(13)48(58)38(31(2)3)29-41(55)44(32(4)5)51(12)33(6)7)42(59-14)30-43(56)53-25-20-23-39(53)46(60-15)35(9)40(54)28-37(27-36-21-18-17-19-22-36)47(57)49-24-26-50(10)11/h17-19,21-22,31-35,37-39,42,44-46H,16,20,23-30H2,1-15H3,(H,49,57)/t34-,35-,37+,38-,39-,42+,44-,45-,46+/m0/s1. The highest BCUT2D eigenvalue weighted by Crippen LogP contribution is 2.32. The third kappa shape index (κ3) is 15.0. The van der Waals surface area contributed by atoms with Gasteiger partial charge in [0.15, 0.2) is 5.78 Å². The Kier molecular flexibility index (Phi) is 22.7. The maximum atomic E-state index is 14.5. The van der Waals surface area contributed by atoms with Crippen LogP contribution in [0.2, 0.25) is 0 Å². The molecule has 2 rings (SSSR count). The Hall–Kier alpha value is -3.19. The number of rotatable bonds is 27. The van der Waals surface area contributed by atoms with E-state index in [0.29, 0.717) is 32.5 Å². The molecule has 1 aromatic carbocycles. The fourth-order valence-corrected chi connectivity index (χ4v) is 9.07. The molecule has 0 aromatic heterocycles. The minimum atomic E-state index is -0.605. The van der Waals surface area contributed by atoms with E-state index in [0.717, 1.165) is 18.4 Å². The van der Waals surface area contributed by atoms with Crippen LogP contribution in [0.5, 0.6) is 0 Å². The fourth-order valence-electron chi connectivity index (χ4n) is 9.07. The van der Waals surface area contributed by atoms with Crippen molar-refractivity contribution in [3.05, 3.63) is 35.9 Å². The molecule has 1 aliphatic heterocycles. The molecule has 0 spiro atoms. The first-order chi connectivity index (χ1) is 28.2. The molecule has 1 fully saturated rings. The van der Waals surface area contributed by atoms with E-state index >= 15 is 0 Å². The fraction of sp³-hybridized carbons (Fsp3) is 0.771. The molecule has 1 heterocycles. The van der Waals surface area contributed by atoms with Crippen molar-refractivity contribution >= 4 is 29.3 Å². The van der Waals surface area contributed by atoms with Gasteiger partial charge >= 0.3 is 0 Å². The first-order valence-corrected chi connectivity index (χ1v) is 22.6. The molecule has 0 unspecified atom stereocenters. The molecule has 0 saturated carbocycles. The number of likely N-dealkylation sites (N-methyl/N-ethyl adjacent to an activating group) is 3. The molecular weight excluding hydrogens is 759 g/mol. The Morgan fingerprint density at radius 1 is 0.833 bits per heavy atom. The molecule has 1 aromatic rings. The quantitative estimate of drug-likeness (QED) is 0.114. The van der Waals surface area contributed by atoms with E-state index in [-0.39, 0.29) is 84.4 Å². The Balaban J connectivity index is 2.31. The van der Waals surface area contributed by atoms with E-state index in [2.05, 4.69) is 51.8 Å². The van der Waals surface area contributed by atoms with Crippen molar-refractivity contribution in [2.24, 2.45) is 35.5 Å². The van der Waals surface area contributed by atoms with E-state index in [1.807, 2.05) is 82.0 Å². The molecule has 0 radical (unpaired) electrons. The highest BCUT2D eigenvalue weighted by Gasteiger charge is 2.43. The summed E-state index contributed by atoms with van der Waals surface area (Å²) in [6, 6.07) is 8.87. The van der Waals surface area contributed by atoms with Gasteiger partial charge in [-0.15, -0.1) is 0 Å². The number of hydrogen-bond donors (Lipinski definition) is 1. The van der Waals surface area contributed by atoms with Gasteiger partial charge in [0.2, 0.25) is 17.7 Å². The predicted molar refractivity (Wildman–Crippen MR) is 240 cm³/mol. The summed E-state index contributed by atoms with van der Waals surface area (Å²) in [5.41, 5.74) is 0.986. The van der Waals surface area contributed by atoms with Gasteiger partial charge in [-0.3, -0.25) is 28.9 Å². The number of carbonyl (C=O) groups excluding carboxylic acids is 5. The Morgan fingerprint density at radius 3 is 1.98 bits per heavy atom. The molecule has 1 aliphatic rings. The average molecular weight is 842 g/mol. The molecule has 1 N–H and O–H groups in total. The molecule has 0 bridgehead atoms. The largest absolute Gasteiger partial charge is 0.379 e. The topological polar surface area (TPSA) is 129 Å². The zero-order valence-electron chi connectivity index (χ0n) is 40.0. The van der Waals surface area contributed by atoms with E-state index in [1.165, 1.54) is 0 Å². The highest BCUT2D eigenvalue weighted by atomic mass is 16.5. The number of benzene rings is 1. The predicted octanol–water partition coefficient (Wildman–Crippen LogP) is 6.00. The SMILES string of the molecule is CC[C@H](C)[C@@H]([C@@H](CC(=O)N1CCC[C@H]1[C@H](OC)[C@@H](C)C(=O)C[C@@H](Cc1ccccc1)C(=O)NCCN(C)C)OC)N(C)C(=O)[C@@H](CC(=O)[C@H](C(C)C)N(C)C(C)C)C(C)C. The Labute approximate surface area is 363 Å². The lowest BCUT2D eigenvalue weighted by molar-refractivity contribution is -0.149. The van der Waals surface area contributed by atoms with Crippen LogP contribution < -0.4 is 5.32 Å². The zero-order chi connectivity index (χ0) is 45.4. The van der Waals surface area contributed by atoms with Crippen LogP contribution in [-0.2, 0) is 39.9 Å². The smallest absolute Gasteiger partial charge is 0.226 e. The molecular formula is C48H83N5O7. The summed E-state index contributed by atoms with van der Waals surface area (Å²) < 4.78 is 12.2. The molecule has 60 heavy (non-hydrogen) atoms. The van der Waals surface area contributed by atoms with Crippen LogP contribution in [0.3, 0.4) is 0 Å². The number of hydrogen-bond acceptors (Lipinski definition) is 9. The van der Waals surface area contributed by atoms with Gasteiger partial charge in [0, 0.05) is 77.5 Å². The van der Waals surface area contributed by atoms with Crippen molar-refractivity contribution in [3.63, 3.8) is 0 Å². The number of likely N-dealkylation sites (tertiary alicyclic amines) is 1. The molecule has 0 aliphatic carbocycles. The van der Waals surface area contributed by atoms with Crippen molar-refractivity contribution in [2.45, 2.75) is 144 Å². The number of ketones is 2. The second-order valence-corrected chi connectivity index (χ2v) is 18.7. The molecule has 9 atom stereocenters. The van der Waals surface area contributed by atoms with Crippen molar-refractivity contribution in [1.29, 1.82) is 0 Å². The molecule has 1 saturated heterocycles. The van der Waals surface area contributed by atoms with Crippen molar-refractivity contribution < 1.29 is 33.4 Å². The van der Waals surface area contributed by atoms with Gasteiger partial charge in [-0.1, -0.05) is 85.2 Å². The second kappa shape index (κ2) is 25.7. The molecule has 12 nitrogen and oxygen atoms in total. The number of carbonyl (C=O) groups is 5. The van der Waals surface area contributed by atoms with Gasteiger partial charge in [-0.2, -0.15) is 0 Å². The monoisotopic (exact) mass is 842 g/mol. The minimum Gasteiger partial charge on any atom is -0.379 e. The Bertz CT molecular complexity index is 1490. The Morgan fingerprint density at radius 2 is 1.47 bits per heavy atom. The van der Waals surface area contributed by atoms with Crippen LogP contribution in [0, 0.1) is 35.5 Å². The van der Waals surface area contributed by atoms with Gasteiger partial charge in [0.25, 0.3) is 0 Å². The number of nitrogens with zero attached hydrogens (tertiary/aromatic N) is 4. The summed E-state index contributed by atoms with van der Waals surface area (Å²) in [4.78, 5) is 78.0. The summed E-state index contributed by atoms with van der Waals surface area (Å²) in [6.45, 7) is 19.9. The zero-order valence-corrected chi connectivity index (χ0v) is 40.0. The number of Topliss-reactive ketones (excluding diaryl/α,β-unsaturated/α-hetero) is 2. The van der Waals surface area contributed by atoms with Gasteiger partial charge < -0.3 is 29.5 Å². The third-order valence-electron chi connectivity index (χ3n) is 13.1. The van der Waals surface area contributed by atoms with Crippen LogP contribution in [0.25, 0.3) is 0 Å². The van der Waals surface area contributed by atoms with Crippen molar-refractivity contribution in [1.82, 2.24) is 24.9 Å². The normalized spacial score (nSPS) is 18.7. The van der Waals surface area contributed by atoms with Gasteiger partial charge in [0.1, 0.15) is 5.78 Å². The number of nitrogens with one attached hydrogen (secondary N) is 1. The summed E-state index contributed by atoms with van der Waals surface area (Å²) in [7, 11) is 10.8. The van der Waals surface area contributed by atoms with Crippen LogP contribution in [0.1, 0.15) is 106 Å². The third-order valence-corrected chi connectivity index (χ3v) is 13.1. The van der Waals surface area contributed by atoms with Gasteiger partial charge in [0.05, 0.1) is 36.8 Å². The lowest BCUT2D eigenvalue weighted by Gasteiger charge is -2.41. The first-order valence-electron chi connectivity index (χ1n) is 22.6. The molecule has 3 amide bonds. The summed E-state index contributed by atoms with van der Waals surface area (Å²) in [5.74, 6) is -2.01. The summed E-state index contributed by atoms with van der Waals surface area (Å²) in [6.07, 6.45) is 1.71. The number of amides is 3. The van der Waals surface area contributed by atoms with E-state index in [4.69, 9.17) is 9.47 Å². The van der Waals surface area contributed by atoms with Crippen LogP contribution in [0.15, 0.2) is 30.3 Å².